The van der Waals surface area contributed by atoms with Gasteiger partial charge in [0, 0.05) is 55.2 Å². The molecule has 0 spiro atoms. The van der Waals surface area contributed by atoms with Crippen LogP contribution in [0.15, 0.2) is 108 Å². The van der Waals surface area contributed by atoms with Crippen LogP contribution in [0.3, 0.4) is 0 Å². The smallest absolute Gasteiger partial charge is 0.343 e. The van der Waals surface area contributed by atoms with Crippen molar-refractivity contribution in [1.82, 2.24) is 0 Å². The summed E-state index contributed by atoms with van der Waals surface area (Å²) >= 11 is 0. The topological polar surface area (TPSA) is 71.7 Å². The summed E-state index contributed by atoms with van der Waals surface area (Å²) in [6, 6.07) is 26.5. The van der Waals surface area contributed by atoms with E-state index in [-0.39, 0.29) is 5.57 Å². The highest BCUT2D eigenvalue weighted by molar-refractivity contribution is 6.98. The molecule has 1 aliphatic heterocycles. The molecular formula is C40H32F3N4O2Si+. The minimum atomic E-state index is -2.73. The number of carboxylic acids is 1. The number of anilines is 2. The van der Waals surface area contributed by atoms with Crippen molar-refractivity contribution < 1.29 is 27.6 Å². The van der Waals surface area contributed by atoms with E-state index in [9.17, 15) is 15.2 Å². The van der Waals surface area contributed by atoms with Gasteiger partial charge in [0.1, 0.15) is 32.1 Å². The van der Waals surface area contributed by atoms with E-state index in [2.05, 4.69) is 17.9 Å². The van der Waals surface area contributed by atoms with Crippen LogP contribution in [-0.4, -0.2) is 43.5 Å². The molecule has 4 aromatic carbocycles. The number of fused-ring (bicyclic) bond motifs is 2. The Morgan fingerprint density at radius 1 is 0.960 bits per heavy atom. The number of halogens is 3. The number of aromatic carboxylic acids is 1. The van der Waals surface area contributed by atoms with Gasteiger partial charge in [0.25, 0.3) is 0 Å². The van der Waals surface area contributed by atoms with Crippen LogP contribution in [0.4, 0.5) is 30.2 Å². The van der Waals surface area contributed by atoms with Crippen LogP contribution in [0.2, 0.25) is 13.1 Å². The van der Waals surface area contributed by atoms with E-state index in [0.29, 0.717) is 11.1 Å². The average molecular weight is 686 g/mol. The summed E-state index contributed by atoms with van der Waals surface area (Å²) in [4.78, 5) is 17.9. The molecule has 6 nitrogen and oxygen atoms in total. The first kappa shape index (κ1) is 33.9. The van der Waals surface area contributed by atoms with Crippen molar-refractivity contribution in [3.05, 3.63) is 159 Å². The lowest BCUT2D eigenvalue weighted by Gasteiger charge is -2.38. The molecular weight excluding hydrogens is 654 g/mol. The van der Waals surface area contributed by atoms with Gasteiger partial charge >= 0.3 is 11.5 Å². The molecule has 6 rings (SSSR count). The van der Waals surface area contributed by atoms with Gasteiger partial charge in [0.2, 0.25) is 11.4 Å². The van der Waals surface area contributed by atoms with Gasteiger partial charge in [0.15, 0.2) is 17.7 Å². The van der Waals surface area contributed by atoms with E-state index in [4.69, 9.17) is 6.57 Å². The highest BCUT2D eigenvalue weighted by Crippen LogP contribution is 2.46. The Morgan fingerprint density at radius 2 is 1.60 bits per heavy atom. The zero-order chi connectivity index (χ0) is 36.1. The lowest BCUT2D eigenvalue weighted by atomic mass is 9.82. The highest BCUT2D eigenvalue weighted by Gasteiger charge is 2.47. The molecule has 4 aromatic rings. The largest absolute Gasteiger partial charge is 0.478 e. The number of carbonyl (C=O) groups is 1. The lowest BCUT2D eigenvalue weighted by molar-refractivity contribution is -0.403. The number of para-hydroxylation sites is 2. The zero-order valence-corrected chi connectivity index (χ0v) is 29.0. The summed E-state index contributed by atoms with van der Waals surface area (Å²) in [5.41, 5.74) is -1.10. The molecule has 248 valence electrons. The second-order valence-electron chi connectivity index (χ2n) is 12.9. The SMILES string of the molecule is [C-]#[N+]C(C)(C#N)c1c(F)c(F)c(C(=O)O)c(C2=C3C=CC(=[N+](C)c4ccccc4)C=C3[Si](C)(C)c3cc(N(C)c4ccccc4)ccc32)c1F. The maximum absolute atomic E-state index is 17.0. The number of hydrogen-bond acceptors (Lipinski definition) is 3. The average Bonchev–Trinajstić information content (AvgIpc) is 3.13. The van der Waals surface area contributed by atoms with Gasteiger partial charge in [0.05, 0.1) is 0 Å². The van der Waals surface area contributed by atoms with Gasteiger partial charge in [-0.15, -0.1) is 0 Å². The highest BCUT2D eigenvalue weighted by atomic mass is 28.3. The van der Waals surface area contributed by atoms with Gasteiger partial charge < -0.3 is 10.0 Å². The van der Waals surface area contributed by atoms with Crippen LogP contribution in [0.25, 0.3) is 10.4 Å². The van der Waals surface area contributed by atoms with E-state index in [1.165, 1.54) is 0 Å². The number of hydrogen-bond donors (Lipinski definition) is 1. The Labute approximate surface area is 289 Å². The standard InChI is InChI=1S/C40H31F3N4O2Si/c1-40(23-44,45-2)35-36(41)33(34(39(48)49)37(42)38(35)43)32-28-19-17-26(46(3)24-13-9-7-10-14-24)21-30(28)50(5,6)31-22-27(18-20-29(31)32)47(4)25-15-11-8-12-16-25/h7-22H,1,3-6H3/p+1. The summed E-state index contributed by atoms with van der Waals surface area (Å²) in [6.45, 7) is 12.8. The minimum Gasteiger partial charge on any atom is -0.478 e. The molecule has 2 aliphatic rings. The van der Waals surface area contributed by atoms with Crippen molar-refractivity contribution in [1.29, 1.82) is 5.26 Å². The third-order valence-corrected chi connectivity index (χ3v) is 13.2. The number of nitriles is 1. The van der Waals surface area contributed by atoms with Gasteiger partial charge in [-0.25, -0.2) is 24.5 Å². The first-order valence-corrected chi connectivity index (χ1v) is 18.8. The van der Waals surface area contributed by atoms with Crippen molar-refractivity contribution in [2.45, 2.75) is 25.6 Å². The Hall–Kier alpha value is -5.97. The molecule has 1 heterocycles. The fourth-order valence-corrected chi connectivity index (χ4v) is 9.84. The zero-order valence-electron chi connectivity index (χ0n) is 28.0. The maximum Gasteiger partial charge on any atom is 0.343 e. The van der Waals surface area contributed by atoms with E-state index in [0.717, 1.165) is 40.1 Å². The molecule has 0 bridgehead atoms. The predicted octanol–water partition coefficient (Wildman–Crippen LogP) is 8.41. The number of rotatable bonds is 6. The predicted molar refractivity (Wildman–Crippen MR) is 191 cm³/mol. The maximum atomic E-state index is 17.0. The molecule has 0 amide bonds. The molecule has 0 radical (unpaired) electrons. The van der Waals surface area contributed by atoms with Gasteiger partial charge in [-0.3, -0.25) is 4.85 Å². The monoisotopic (exact) mass is 685 g/mol. The van der Waals surface area contributed by atoms with Crippen molar-refractivity contribution >= 4 is 47.6 Å². The fraction of sp³-hybridized carbons (Fsp3) is 0.150. The van der Waals surface area contributed by atoms with Crippen molar-refractivity contribution in [2.75, 3.05) is 19.0 Å². The van der Waals surface area contributed by atoms with Gasteiger partial charge in [-0.2, -0.15) is 9.84 Å². The third kappa shape index (κ3) is 5.25. The lowest BCUT2D eigenvalue weighted by Crippen LogP contribution is -2.50. The summed E-state index contributed by atoms with van der Waals surface area (Å²) in [5, 5.41) is 21.8. The Kier molecular flexibility index (Phi) is 8.47. The van der Waals surface area contributed by atoms with Gasteiger partial charge in [-0.1, -0.05) is 55.6 Å². The van der Waals surface area contributed by atoms with Crippen LogP contribution in [0, 0.1) is 35.4 Å². The third-order valence-electron chi connectivity index (χ3n) is 9.67. The van der Waals surface area contributed by atoms with E-state index < -0.39 is 53.7 Å². The van der Waals surface area contributed by atoms with E-state index in [1.807, 2.05) is 109 Å². The van der Waals surface area contributed by atoms with Crippen LogP contribution < -0.4 is 10.1 Å². The van der Waals surface area contributed by atoms with Crippen LogP contribution in [0.5, 0.6) is 0 Å². The second kappa shape index (κ2) is 12.5. The van der Waals surface area contributed by atoms with Crippen molar-refractivity contribution in [3.63, 3.8) is 0 Å². The molecule has 1 aliphatic carbocycles. The molecule has 0 fully saturated rings. The van der Waals surface area contributed by atoms with Gasteiger partial charge in [-0.05, 0) is 57.4 Å². The molecule has 0 aromatic heterocycles. The molecule has 1 N–H and O–H groups in total. The van der Waals surface area contributed by atoms with Crippen molar-refractivity contribution in [2.24, 2.45) is 0 Å². The Balaban J connectivity index is 1.75. The van der Waals surface area contributed by atoms with Crippen LogP contribution >= 0.6 is 0 Å². The summed E-state index contributed by atoms with van der Waals surface area (Å²) in [6.07, 6.45) is 5.56. The molecule has 1 unspecified atom stereocenters. The molecule has 10 heteroatoms. The first-order chi connectivity index (χ1) is 23.8. The summed E-state index contributed by atoms with van der Waals surface area (Å²) in [7, 11) is 1.10. The van der Waals surface area contributed by atoms with Crippen LogP contribution in [0.1, 0.15) is 34.0 Å². The normalized spacial score (nSPS) is 16.6. The van der Waals surface area contributed by atoms with Crippen LogP contribution in [-0.2, 0) is 5.54 Å². The number of nitrogens with zero attached hydrogens (tertiary/aromatic N) is 4. The molecule has 1 atom stereocenters. The molecule has 0 saturated carbocycles. The van der Waals surface area contributed by atoms with E-state index >= 15 is 13.2 Å². The number of carboxylic acid groups (broad SMARTS) is 1. The molecule has 50 heavy (non-hydrogen) atoms. The number of allylic oxidation sites excluding steroid dienone is 5. The quantitative estimate of drug-likeness (QED) is 0.0958. The Morgan fingerprint density at radius 3 is 2.20 bits per heavy atom. The Bertz CT molecular complexity index is 2300. The molecule has 0 saturated heterocycles. The number of benzene rings is 4. The minimum absolute atomic E-state index is 0.0463. The van der Waals surface area contributed by atoms with E-state index in [1.54, 1.807) is 18.2 Å². The second-order valence-corrected chi connectivity index (χ2v) is 17.2. The first-order valence-electron chi connectivity index (χ1n) is 15.8. The summed E-state index contributed by atoms with van der Waals surface area (Å²) < 4.78 is 50.6. The summed E-state index contributed by atoms with van der Waals surface area (Å²) in [5.74, 6) is -7.07. The van der Waals surface area contributed by atoms with Crippen molar-refractivity contribution in [3.8, 4) is 6.07 Å². The fourth-order valence-electron chi connectivity index (χ4n) is 6.77.